The molecule has 3 rings (SSSR count). The average molecular weight is 454 g/mol. The summed E-state index contributed by atoms with van der Waals surface area (Å²) in [6, 6.07) is 9.32. The number of hydrogen-bond acceptors (Lipinski definition) is 4. The van der Waals surface area contributed by atoms with Gasteiger partial charge in [0.2, 0.25) is 0 Å². The number of ether oxygens (including phenoxy) is 1. The summed E-state index contributed by atoms with van der Waals surface area (Å²) in [7, 11) is -3.24. The van der Waals surface area contributed by atoms with Crippen molar-refractivity contribution in [2.45, 2.75) is 45.9 Å². The Morgan fingerprint density at radius 2 is 1.97 bits per heavy atom. The van der Waals surface area contributed by atoms with Crippen molar-refractivity contribution < 1.29 is 22.3 Å². The van der Waals surface area contributed by atoms with Crippen molar-refractivity contribution in [1.29, 1.82) is 0 Å². The van der Waals surface area contributed by atoms with Crippen molar-refractivity contribution in [3.05, 3.63) is 63.9 Å². The summed E-state index contributed by atoms with van der Waals surface area (Å²) in [5, 5.41) is 0.191. The van der Waals surface area contributed by atoms with Crippen LogP contribution in [0.25, 0.3) is 0 Å². The topological polar surface area (TPSA) is 63.7 Å². The van der Waals surface area contributed by atoms with Crippen LogP contribution in [0.1, 0.15) is 30.0 Å². The van der Waals surface area contributed by atoms with Gasteiger partial charge in [0.1, 0.15) is 11.6 Å². The number of benzene rings is 2. The van der Waals surface area contributed by atoms with Crippen molar-refractivity contribution in [3.8, 4) is 5.75 Å². The second-order valence-electron chi connectivity index (χ2n) is 7.68. The first-order valence-electron chi connectivity index (χ1n) is 9.75. The Hall–Kier alpha value is -2.12. The quantitative estimate of drug-likeness (QED) is 0.661. The predicted molar refractivity (Wildman–Crippen MR) is 115 cm³/mol. The third kappa shape index (κ3) is 4.95. The smallest absolute Gasteiger partial charge is 0.263 e. The normalized spacial score (nSPS) is 18.8. The van der Waals surface area contributed by atoms with Crippen molar-refractivity contribution >= 4 is 27.3 Å². The molecule has 1 heterocycles. The summed E-state index contributed by atoms with van der Waals surface area (Å²) in [5.74, 6) is -0.514. The molecule has 0 bridgehead atoms. The van der Waals surface area contributed by atoms with E-state index in [1.54, 1.807) is 19.1 Å². The van der Waals surface area contributed by atoms with Crippen molar-refractivity contribution in [2.75, 3.05) is 11.5 Å². The molecule has 0 spiro atoms. The number of carbonyl (C=O) groups is 1. The average Bonchev–Trinajstić information content (AvgIpc) is 3.04. The van der Waals surface area contributed by atoms with E-state index in [-0.39, 0.29) is 28.6 Å². The number of carbonyl (C=O) groups excluding carboxylic acids is 1. The number of sulfone groups is 1. The zero-order valence-corrected chi connectivity index (χ0v) is 18.8. The van der Waals surface area contributed by atoms with Gasteiger partial charge in [-0.05, 0) is 56.5 Å². The molecule has 1 aliphatic rings. The fourth-order valence-electron chi connectivity index (χ4n) is 3.59. The van der Waals surface area contributed by atoms with Crippen LogP contribution in [-0.4, -0.2) is 42.9 Å². The molecule has 2 atom stereocenters. The van der Waals surface area contributed by atoms with E-state index in [1.165, 1.54) is 17.0 Å². The third-order valence-electron chi connectivity index (χ3n) is 5.53. The summed E-state index contributed by atoms with van der Waals surface area (Å²) in [5.41, 5.74) is 2.11. The lowest BCUT2D eigenvalue weighted by atomic mass is 10.1. The molecule has 1 saturated heterocycles. The van der Waals surface area contributed by atoms with Crippen LogP contribution in [0, 0.1) is 19.7 Å². The molecule has 0 aromatic heterocycles. The first-order chi connectivity index (χ1) is 14.1. The van der Waals surface area contributed by atoms with Gasteiger partial charge in [0.15, 0.2) is 15.9 Å². The highest BCUT2D eigenvalue weighted by atomic mass is 35.5. The molecule has 2 aromatic rings. The van der Waals surface area contributed by atoms with Gasteiger partial charge in [-0.2, -0.15) is 0 Å². The monoisotopic (exact) mass is 453 g/mol. The summed E-state index contributed by atoms with van der Waals surface area (Å²) in [4.78, 5) is 14.7. The van der Waals surface area contributed by atoms with Crippen LogP contribution in [0.4, 0.5) is 4.39 Å². The molecule has 162 valence electrons. The highest BCUT2D eigenvalue weighted by molar-refractivity contribution is 7.91. The van der Waals surface area contributed by atoms with E-state index in [2.05, 4.69) is 0 Å². The summed E-state index contributed by atoms with van der Waals surface area (Å²) < 4.78 is 44.4. The van der Waals surface area contributed by atoms with Gasteiger partial charge in [-0.15, -0.1) is 0 Å². The van der Waals surface area contributed by atoms with Crippen LogP contribution in [-0.2, 0) is 21.2 Å². The molecule has 1 amide bonds. The predicted octanol–water partition coefficient (Wildman–Crippen LogP) is 4.08. The maximum Gasteiger partial charge on any atom is 0.263 e. The van der Waals surface area contributed by atoms with Crippen LogP contribution in [0.15, 0.2) is 36.4 Å². The van der Waals surface area contributed by atoms with Gasteiger partial charge in [-0.3, -0.25) is 4.79 Å². The molecular formula is C22H25ClFNO4S. The molecule has 5 nitrogen and oxygen atoms in total. The number of rotatable bonds is 6. The van der Waals surface area contributed by atoms with Crippen LogP contribution >= 0.6 is 11.6 Å². The van der Waals surface area contributed by atoms with E-state index in [0.29, 0.717) is 12.2 Å². The minimum atomic E-state index is -3.24. The van der Waals surface area contributed by atoms with Gasteiger partial charge >= 0.3 is 0 Å². The minimum Gasteiger partial charge on any atom is -0.481 e. The number of amides is 1. The first kappa shape index (κ1) is 22.6. The fraction of sp³-hybridized carbons (Fsp3) is 0.409. The molecule has 1 fully saturated rings. The Morgan fingerprint density at radius 3 is 2.60 bits per heavy atom. The molecule has 0 radical (unpaired) electrons. The van der Waals surface area contributed by atoms with Gasteiger partial charge in [0, 0.05) is 16.6 Å². The van der Waals surface area contributed by atoms with Crippen LogP contribution < -0.4 is 4.74 Å². The van der Waals surface area contributed by atoms with E-state index in [4.69, 9.17) is 16.3 Å². The minimum absolute atomic E-state index is 0.00131. The zero-order chi connectivity index (χ0) is 22.1. The number of halogens is 2. The third-order valence-corrected chi connectivity index (χ3v) is 7.63. The van der Waals surface area contributed by atoms with Crippen molar-refractivity contribution in [1.82, 2.24) is 4.90 Å². The Bertz CT molecular complexity index is 1040. The van der Waals surface area contributed by atoms with Gasteiger partial charge < -0.3 is 9.64 Å². The molecule has 0 N–H and O–H groups in total. The Labute approximate surface area is 181 Å². The molecule has 0 saturated carbocycles. The molecule has 2 aromatic carbocycles. The summed E-state index contributed by atoms with van der Waals surface area (Å²) in [6.45, 7) is 5.35. The zero-order valence-electron chi connectivity index (χ0n) is 17.2. The highest BCUT2D eigenvalue weighted by Crippen LogP contribution is 2.27. The van der Waals surface area contributed by atoms with Gasteiger partial charge in [0.25, 0.3) is 5.91 Å². The lowest BCUT2D eigenvalue weighted by Crippen LogP contribution is -2.46. The van der Waals surface area contributed by atoms with E-state index in [0.717, 1.165) is 11.1 Å². The van der Waals surface area contributed by atoms with Crippen LogP contribution in [0.5, 0.6) is 5.75 Å². The second kappa shape index (κ2) is 8.94. The van der Waals surface area contributed by atoms with E-state index in [9.17, 15) is 17.6 Å². The van der Waals surface area contributed by atoms with Gasteiger partial charge in [0.05, 0.1) is 18.1 Å². The van der Waals surface area contributed by atoms with E-state index < -0.39 is 33.7 Å². The largest absolute Gasteiger partial charge is 0.481 e. The van der Waals surface area contributed by atoms with Crippen molar-refractivity contribution in [2.24, 2.45) is 0 Å². The first-order valence-corrected chi connectivity index (χ1v) is 12.0. The molecule has 0 aliphatic carbocycles. The summed E-state index contributed by atoms with van der Waals surface area (Å²) >= 11 is 6.16. The Morgan fingerprint density at radius 1 is 1.27 bits per heavy atom. The molecular weight excluding hydrogens is 429 g/mol. The van der Waals surface area contributed by atoms with Gasteiger partial charge in [-0.25, -0.2) is 12.8 Å². The Kier molecular flexibility index (Phi) is 6.72. The molecule has 1 aliphatic heterocycles. The lowest BCUT2D eigenvalue weighted by molar-refractivity contribution is -0.140. The highest BCUT2D eigenvalue weighted by Gasteiger charge is 2.37. The van der Waals surface area contributed by atoms with E-state index in [1.807, 2.05) is 26.0 Å². The molecule has 8 heteroatoms. The van der Waals surface area contributed by atoms with Crippen LogP contribution in [0.3, 0.4) is 0 Å². The lowest BCUT2D eigenvalue weighted by Gasteiger charge is -2.31. The summed E-state index contributed by atoms with van der Waals surface area (Å²) in [6.07, 6.45) is -0.574. The maximum absolute atomic E-state index is 14.4. The van der Waals surface area contributed by atoms with Crippen LogP contribution in [0.2, 0.25) is 5.02 Å². The number of aryl methyl sites for hydroxylation is 1. The van der Waals surface area contributed by atoms with Gasteiger partial charge in [-0.1, -0.05) is 29.8 Å². The molecule has 0 unspecified atom stereocenters. The Balaban J connectivity index is 1.89. The van der Waals surface area contributed by atoms with Crippen molar-refractivity contribution in [3.63, 3.8) is 0 Å². The maximum atomic E-state index is 14.4. The second-order valence-corrected chi connectivity index (χ2v) is 10.3. The SMILES string of the molecule is Cc1cccc(O[C@@H](C)C(=O)N(Cc2c(F)cccc2Cl)[C@H]2CCS(=O)(=O)C2)c1C. The molecule has 30 heavy (non-hydrogen) atoms. The number of nitrogens with zero attached hydrogens (tertiary/aromatic N) is 1. The number of hydrogen-bond donors (Lipinski definition) is 0. The fourth-order valence-corrected chi connectivity index (χ4v) is 5.54. The standard InChI is InChI=1S/C22H25ClFNO4S/c1-14-6-4-9-21(15(14)2)29-16(3)22(26)25(17-10-11-30(27,28)13-17)12-18-19(23)7-5-8-20(18)24/h4-9,16-17H,10-13H2,1-3H3/t16-,17-/m0/s1. The van der Waals surface area contributed by atoms with E-state index >= 15 is 0 Å².